The number of para-hydroxylation sites is 1. The van der Waals surface area contributed by atoms with Crippen molar-refractivity contribution in [3.05, 3.63) is 35.9 Å². The van der Waals surface area contributed by atoms with Gasteiger partial charge in [-0.2, -0.15) is 0 Å². The summed E-state index contributed by atoms with van der Waals surface area (Å²) in [5.41, 5.74) is 2.31. The van der Waals surface area contributed by atoms with Crippen molar-refractivity contribution in [1.29, 1.82) is 0 Å². The quantitative estimate of drug-likeness (QED) is 0.874. The molecule has 0 saturated carbocycles. The number of pyridine rings is 1. The van der Waals surface area contributed by atoms with Crippen molar-refractivity contribution in [2.24, 2.45) is 0 Å². The molecule has 0 bridgehead atoms. The van der Waals surface area contributed by atoms with Gasteiger partial charge in [-0.25, -0.2) is 4.98 Å². The van der Waals surface area contributed by atoms with E-state index in [2.05, 4.69) is 53.3 Å². The van der Waals surface area contributed by atoms with Gasteiger partial charge in [0, 0.05) is 24.5 Å². The third-order valence-electron chi connectivity index (χ3n) is 3.33. The molecule has 1 aromatic carbocycles. The zero-order chi connectivity index (χ0) is 13.0. The number of nitrogens with zero attached hydrogens (tertiary/aromatic N) is 2. The summed E-state index contributed by atoms with van der Waals surface area (Å²) in [7, 11) is 1.93. The second-order valence-electron chi connectivity index (χ2n) is 4.40. The number of fused-ring (bicyclic) bond motifs is 1. The van der Waals surface area contributed by atoms with E-state index in [0.717, 1.165) is 31.0 Å². The van der Waals surface area contributed by atoms with Gasteiger partial charge >= 0.3 is 0 Å². The molecule has 2 aromatic rings. The number of nitrogens with one attached hydrogen (secondary N) is 1. The van der Waals surface area contributed by atoms with E-state index in [1.165, 1.54) is 10.9 Å². The molecule has 0 aliphatic carbocycles. The summed E-state index contributed by atoms with van der Waals surface area (Å²) in [5, 5.41) is 4.41. The molecular weight excluding hydrogens is 222 g/mol. The van der Waals surface area contributed by atoms with Crippen LogP contribution in [0.5, 0.6) is 0 Å². The molecule has 1 N–H and O–H groups in total. The normalized spacial score (nSPS) is 11.1. The van der Waals surface area contributed by atoms with Gasteiger partial charge in [0.1, 0.15) is 5.82 Å². The van der Waals surface area contributed by atoms with E-state index in [4.69, 9.17) is 0 Å². The average molecular weight is 243 g/mol. The van der Waals surface area contributed by atoms with Crippen LogP contribution in [0.3, 0.4) is 0 Å². The van der Waals surface area contributed by atoms with Gasteiger partial charge in [0.15, 0.2) is 0 Å². The Balaban J connectivity index is 2.41. The van der Waals surface area contributed by atoms with Crippen molar-refractivity contribution in [3.63, 3.8) is 0 Å². The van der Waals surface area contributed by atoms with E-state index in [9.17, 15) is 0 Å². The fourth-order valence-electron chi connectivity index (χ4n) is 2.18. The maximum atomic E-state index is 4.68. The highest BCUT2D eigenvalue weighted by molar-refractivity contribution is 5.81. The van der Waals surface area contributed by atoms with Gasteiger partial charge in [0.25, 0.3) is 0 Å². The fourth-order valence-corrected chi connectivity index (χ4v) is 2.18. The summed E-state index contributed by atoms with van der Waals surface area (Å²) in [5.74, 6) is 0.987. The fraction of sp³-hybridized carbons (Fsp3) is 0.400. The molecular formula is C15H21N3. The van der Waals surface area contributed by atoms with Crippen LogP contribution in [0.1, 0.15) is 19.4 Å². The monoisotopic (exact) mass is 243 g/mol. The molecule has 0 fully saturated rings. The molecule has 3 heteroatoms. The standard InChI is InChI=1S/C15H21N3/c1-4-18(5-2)11-13-10-12-8-6-7-9-14(12)17-15(13)16-3/h6-10H,4-5,11H2,1-3H3,(H,16,17). The van der Waals surface area contributed by atoms with Crippen LogP contribution in [0.15, 0.2) is 30.3 Å². The minimum absolute atomic E-state index is 0.945. The van der Waals surface area contributed by atoms with Crippen molar-refractivity contribution in [2.75, 3.05) is 25.5 Å². The predicted octanol–water partition coefficient (Wildman–Crippen LogP) is 3.12. The number of aromatic nitrogens is 1. The third kappa shape index (κ3) is 2.62. The van der Waals surface area contributed by atoms with Crippen LogP contribution >= 0.6 is 0 Å². The van der Waals surface area contributed by atoms with E-state index < -0.39 is 0 Å². The van der Waals surface area contributed by atoms with Gasteiger partial charge in [-0.05, 0) is 25.2 Å². The highest BCUT2D eigenvalue weighted by Gasteiger charge is 2.08. The molecule has 0 aliphatic rings. The lowest BCUT2D eigenvalue weighted by Gasteiger charge is -2.20. The molecule has 18 heavy (non-hydrogen) atoms. The molecule has 96 valence electrons. The number of hydrogen-bond acceptors (Lipinski definition) is 3. The minimum Gasteiger partial charge on any atom is -0.373 e. The first kappa shape index (κ1) is 12.8. The molecule has 2 rings (SSSR count). The van der Waals surface area contributed by atoms with Gasteiger partial charge < -0.3 is 5.32 Å². The zero-order valence-corrected chi connectivity index (χ0v) is 11.4. The Morgan fingerprint density at radius 1 is 1.17 bits per heavy atom. The average Bonchev–Trinajstić information content (AvgIpc) is 2.43. The predicted molar refractivity (Wildman–Crippen MR) is 77.9 cm³/mol. The maximum Gasteiger partial charge on any atom is 0.130 e. The molecule has 0 amide bonds. The Kier molecular flexibility index (Phi) is 4.15. The lowest BCUT2D eigenvalue weighted by atomic mass is 10.1. The smallest absolute Gasteiger partial charge is 0.130 e. The van der Waals surface area contributed by atoms with Gasteiger partial charge in [-0.1, -0.05) is 32.0 Å². The molecule has 0 unspecified atom stereocenters. The number of hydrogen-bond donors (Lipinski definition) is 1. The highest BCUT2D eigenvalue weighted by atomic mass is 15.1. The van der Waals surface area contributed by atoms with E-state index in [1.807, 2.05) is 13.1 Å². The first-order chi connectivity index (χ1) is 8.78. The largest absolute Gasteiger partial charge is 0.373 e. The van der Waals surface area contributed by atoms with Crippen molar-refractivity contribution >= 4 is 16.7 Å². The summed E-state index contributed by atoms with van der Waals surface area (Å²) in [4.78, 5) is 7.07. The first-order valence-corrected chi connectivity index (χ1v) is 6.57. The number of anilines is 1. The topological polar surface area (TPSA) is 28.2 Å². The van der Waals surface area contributed by atoms with Crippen LogP contribution in [0, 0.1) is 0 Å². The van der Waals surface area contributed by atoms with Crippen LogP contribution in [0.4, 0.5) is 5.82 Å². The molecule has 0 radical (unpaired) electrons. The minimum atomic E-state index is 0.945. The van der Waals surface area contributed by atoms with Crippen LogP contribution in [-0.4, -0.2) is 30.0 Å². The number of rotatable bonds is 5. The molecule has 3 nitrogen and oxygen atoms in total. The van der Waals surface area contributed by atoms with Gasteiger partial charge in [0.05, 0.1) is 5.52 Å². The van der Waals surface area contributed by atoms with Gasteiger partial charge in [0.2, 0.25) is 0 Å². The van der Waals surface area contributed by atoms with E-state index in [0.29, 0.717) is 0 Å². The molecule has 1 heterocycles. The second kappa shape index (κ2) is 5.83. The SMILES string of the molecule is CCN(CC)Cc1cc2ccccc2nc1NC. The Bertz CT molecular complexity index is 518. The van der Waals surface area contributed by atoms with E-state index >= 15 is 0 Å². The zero-order valence-electron chi connectivity index (χ0n) is 11.4. The van der Waals surface area contributed by atoms with Crippen molar-refractivity contribution in [1.82, 2.24) is 9.88 Å². The van der Waals surface area contributed by atoms with Crippen LogP contribution < -0.4 is 5.32 Å². The maximum absolute atomic E-state index is 4.68. The Labute approximate surface area is 109 Å². The molecule has 0 aliphatic heterocycles. The van der Waals surface area contributed by atoms with E-state index in [-0.39, 0.29) is 0 Å². The number of benzene rings is 1. The molecule has 0 atom stereocenters. The van der Waals surface area contributed by atoms with E-state index in [1.54, 1.807) is 0 Å². The van der Waals surface area contributed by atoms with Crippen LogP contribution in [0.25, 0.3) is 10.9 Å². The van der Waals surface area contributed by atoms with Gasteiger partial charge in [-0.15, -0.1) is 0 Å². The van der Waals surface area contributed by atoms with Crippen molar-refractivity contribution in [3.8, 4) is 0 Å². The lowest BCUT2D eigenvalue weighted by Crippen LogP contribution is -2.22. The summed E-state index contributed by atoms with van der Waals surface area (Å²) in [6.45, 7) is 7.45. The summed E-state index contributed by atoms with van der Waals surface area (Å²) < 4.78 is 0. The summed E-state index contributed by atoms with van der Waals surface area (Å²) >= 11 is 0. The Morgan fingerprint density at radius 3 is 2.56 bits per heavy atom. The molecule has 0 spiro atoms. The lowest BCUT2D eigenvalue weighted by molar-refractivity contribution is 0.296. The summed E-state index contributed by atoms with van der Waals surface area (Å²) in [6.07, 6.45) is 0. The van der Waals surface area contributed by atoms with Crippen molar-refractivity contribution < 1.29 is 0 Å². The molecule has 1 aromatic heterocycles. The summed E-state index contributed by atoms with van der Waals surface area (Å²) in [6, 6.07) is 10.5. The van der Waals surface area contributed by atoms with Crippen molar-refractivity contribution in [2.45, 2.75) is 20.4 Å². The van der Waals surface area contributed by atoms with Crippen LogP contribution in [-0.2, 0) is 6.54 Å². The Morgan fingerprint density at radius 2 is 1.89 bits per heavy atom. The Hall–Kier alpha value is -1.61. The molecule has 0 saturated heterocycles. The highest BCUT2D eigenvalue weighted by Crippen LogP contribution is 2.21. The van der Waals surface area contributed by atoms with Crippen LogP contribution in [0.2, 0.25) is 0 Å². The third-order valence-corrected chi connectivity index (χ3v) is 3.33. The first-order valence-electron chi connectivity index (χ1n) is 6.57. The second-order valence-corrected chi connectivity index (χ2v) is 4.40. The van der Waals surface area contributed by atoms with Gasteiger partial charge in [-0.3, -0.25) is 4.90 Å².